The Morgan fingerprint density at radius 1 is 1.33 bits per heavy atom. The van der Waals surface area contributed by atoms with Crippen molar-refractivity contribution >= 4 is 11.6 Å². The van der Waals surface area contributed by atoms with Crippen molar-refractivity contribution in [1.29, 1.82) is 0 Å². The molecule has 1 atom stereocenters. The quantitative estimate of drug-likeness (QED) is 0.728. The van der Waals surface area contributed by atoms with Crippen molar-refractivity contribution in [3.05, 3.63) is 47.2 Å². The van der Waals surface area contributed by atoms with Gasteiger partial charge in [0.05, 0.1) is 0 Å². The molecule has 114 valence electrons. The van der Waals surface area contributed by atoms with Crippen LogP contribution in [-0.2, 0) is 13.5 Å². The summed E-state index contributed by atoms with van der Waals surface area (Å²) >= 11 is 5.79. The smallest absolute Gasteiger partial charge is 0.119 e. The van der Waals surface area contributed by atoms with E-state index in [2.05, 4.69) is 10.4 Å². The van der Waals surface area contributed by atoms with Gasteiger partial charge in [-0.1, -0.05) is 11.6 Å². The van der Waals surface area contributed by atoms with Crippen LogP contribution in [0.25, 0.3) is 0 Å². The van der Waals surface area contributed by atoms with Crippen molar-refractivity contribution in [1.82, 2.24) is 15.1 Å². The Morgan fingerprint density at radius 3 is 2.76 bits per heavy atom. The second-order valence-electron chi connectivity index (χ2n) is 4.82. The summed E-state index contributed by atoms with van der Waals surface area (Å²) < 4.78 is 7.33. The van der Waals surface area contributed by atoms with Gasteiger partial charge in [0.1, 0.15) is 18.5 Å². The van der Waals surface area contributed by atoms with E-state index in [-0.39, 0.29) is 6.61 Å². The number of ether oxygens (including phenoxy) is 1. The SMILES string of the molecule is Cn1nccc1CCNCC(O)COc1ccc(Cl)cc1. The summed E-state index contributed by atoms with van der Waals surface area (Å²) in [6.07, 6.45) is 2.11. The van der Waals surface area contributed by atoms with E-state index in [0.29, 0.717) is 17.3 Å². The van der Waals surface area contributed by atoms with Gasteiger partial charge >= 0.3 is 0 Å². The van der Waals surface area contributed by atoms with Crippen molar-refractivity contribution in [2.75, 3.05) is 19.7 Å². The molecule has 0 spiro atoms. The van der Waals surface area contributed by atoms with Gasteiger partial charge in [-0.15, -0.1) is 0 Å². The molecule has 2 N–H and O–H groups in total. The zero-order chi connectivity index (χ0) is 15.1. The van der Waals surface area contributed by atoms with Crippen LogP contribution in [0, 0.1) is 0 Å². The fourth-order valence-electron chi connectivity index (χ4n) is 1.91. The Labute approximate surface area is 129 Å². The van der Waals surface area contributed by atoms with Gasteiger partial charge < -0.3 is 15.2 Å². The van der Waals surface area contributed by atoms with Crippen molar-refractivity contribution in [3.8, 4) is 5.75 Å². The van der Waals surface area contributed by atoms with Crippen molar-refractivity contribution in [2.45, 2.75) is 12.5 Å². The molecule has 0 bridgehead atoms. The van der Waals surface area contributed by atoms with E-state index < -0.39 is 6.10 Å². The van der Waals surface area contributed by atoms with E-state index >= 15 is 0 Å². The van der Waals surface area contributed by atoms with Crippen LogP contribution in [0.2, 0.25) is 5.02 Å². The summed E-state index contributed by atoms with van der Waals surface area (Å²) in [7, 11) is 1.92. The molecule has 6 heteroatoms. The van der Waals surface area contributed by atoms with Gasteiger partial charge in [-0.3, -0.25) is 4.68 Å². The van der Waals surface area contributed by atoms with Crippen LogP contribution in [0.4, 0.5) is 0 Å². The number of aromatic nitrogens is 2. The molecule has 2 rings (SSSR count). The number of benzene rings is 1. The molecule has 0 aliphatic rings. The Balaban J connectivity index is 1.60. The first-order valence-electron chi connectivity index (χ1n) is 6.89. The minimum Gasteiger partial charge on any atom is -0.491 e. The number of halogens is 1. The highest BCUT2D eigenvalue weighted by molar-refractivity contribution is 6.30. The first-order chi connectivity index (χ1) is 10.1. The van der Waals surface area contributed by atoms with E-state index in [1.165, 1.54) is 0 Å². The summed E-state index contributed by atoms with van der Waals surface area (Å²) in [6.45, 7) is 1.53. The zero-order valence-electron chi connectivity index (χ0n) is 12.0. The third-order valence-electron chi connectivity index (χ3n) is 3.12. The highest BCUT2D eigenvalue weighted by Gasteiger charge is 2.05. The van der Waals surface area contributed by atoms with E-state index in [1.807, 2.05) is 17.8 Å². The fourth-order valence-corrected chi connectivity index (χ4v) is 2.04. The molecule has 0 amide bonds. The zero-order valence-corrected chi connectivity index (χ0v) is 12.8. The third kappa shape index (κ3) is 5.38. The number of nitrogens with one attached hydrogen (secondary N) is 1. The van der Waals surface area contributed by atoms with Crippen molar-refractivity contribution in [3.63, 3.8) is 0 Å². The minimum absolute atomic E-state index is 0.250. The molecule has 0 aliphatic carbocycles. The number of hydrogen-bond donors (Lipinski definition) is 2. The van der Waals surface area contributed by atoms with Gasteiger partial charge in [-0.2, -0.15) is 5.10 Å². The predicted octanol–water partition coefficient (Wildman–Crippen LogP) is 1.65. The van der Waals surface area contributed by atoms with E-state index in [0.717, 1.165) is 18.7 Å². The lowest BCUT2D eigenvalue weighted by Crippen LogP contribution is -2.32. The number of aliphatic hydroxyl groups excluding tert-OH is 1. The fraction of sp³-hybridized carbons (Fsp3) is 0.400. The van der Waals surface area contributed by atoms with Gasteiger partial charge in [0.15, 0.2) is 0 Å². The van der Waals surface area contributed by atoms with Crippen LogP contribution in [0.3, 0.4) is 0 Å². The van der Waals surface area contributed by atoms with Gasteiger partial charge in [0, 0.05) is 43.5 Å². The largest absolute Gasteiger partial charge is 0.491 e. The van der Waals surface area contributed by atoms with Gasteiger partial charge in [0.2, 0.25) is 0 Å². The highest BCUT2D eigenvalue weighted by Crippen LogP contribution is 2.15. The predicted molar refractivity (Wildman–Crippen MR) is 82.7 cm³/mol. The molecular weight excluding hydrogens is 290 g/mol. The summed E-state index contributed by atoms with van der Waals surface area (Å²) in [5, 5.41) is 17.8. The van der Waals surface area contributed by atoms with Crippen LogP contribution in [-0.4, -0.2) is 40.7 Å². The Kier molecular flexibility index (Phi) is 6.04. The maximum atomic E-state index is 9.85. The van der Waals surface area contributed by atoms with Crippen LogP contribution >= 0.6 is 11.6 Å². The van der Waals surface area contributed by atoms with Crippen LogP contribution in [0.5, 0.6) is 5.75 Å². The lowest BCUT2D eigenvalue weighted by atomic mass is 10.3. The molecule has 0 fully saturated rings. The summed E-state index contributed by atoms with van der Waals surface area (Å²) in [5.74, 6) is 0.702. The molecule has 1 aromatic carbocycles. The summed E-state index contributed by atoms with van der Waals surface area (Å²) in [5.41, 5.74) is 1.16. The molecule has 0 aliphatic heterocycles. The van der Waals surface area contributed by atoms with Gasteiger partial charge in [-0.25, -0.2) is 0 Å². The molecule has 2 aromatic rings. The highest BCUT2D eigenvalue weighted by atomic mass is 35.5. The molecule has 5 nitrogen and oxygen atoms in total. The van der Waals surface area contributed by atoms with Crippen LogP contribution in [0.15, 0.2) is 36.5 Å². The second-order valence-corrected chi connectivity index (χ2v) is 5.26. The first kappa shape index (κ1) is 15.8. The van der Waals surface area contributed by atoms with Crippen molar-refractivity contribution < 1.29 is 9.84 Å². The Hall–Kier alpha value is -1.56. The van der Waals surface area contributed by atoms with Crippen molar-refractivity contribution in [2.24, 2.45) is 7.05 Å². The molecule has 1 aromatic heterocycles. The number of rotatable bonds is 8. The molecule has 0 saturated carbocycles. The maximum absolute atomic E-state index is 9.85. The Morgan fingerprint density at radius 2 is 2.10 bits per heavy atom. The van der Waals surface area contributed by atoms with Crippen LogP contribution in [0.1, 0.15) is 5.69 Å². The lowest BCUT2D eigenvalue weighted by Gasteiger charge is -2.13. The molecule has 21 heavy (non-hydrogen) atoms. The maximum Gasteiger partial charge on any atom is 0.119 e. The Bertz CT molecular complexity index is 542. The second kappa shape index (κ2) is 8.02. The average Bonchev–Trinajstić information content (AvgIpc) is 2.88. The third-order valence-corrected chi connectivity index (χ3v) is 3.37. The minimum atomic E-state index is -0.549. The topological polar surface area (TPSA) is 59.3 Å². The van der Waals surface area contributed by atoms with Gasteiger partial charge in [0.25, 0.3) is 0 Å². The van der Waals surface area contributed by atoms with E-state index in [1.54, 1.807) is 30.5 Å². The summed E-state index contributed by atoms with van der Waals surface area (Å²) in [6, 6.07) is 9.07. The normalized spacial score (nSPS) is 12.3. The molecule has 0 saturated heterocycles. The average molecular weight is 310 g/mol. The number of aryl methyl sites for hydroxylation is 1. The van der Waals surface area contributed by atoms with Crippen LogP contribution < -0.4 is 10.1 Å². The van der Waals surface area contributed by atoms with E-state index in [9.17, 15) is 5.11 Å². The number of nitrogens with zero attached hydrogens (tertiary/aromatic N) is 2. The number of aliphatic hydroxyl groups is 1. The number of hydrogen-bond acceptors (Lipinski definition) is 4. The lowest BCUT2D eigenvalue weighted by molar-refractivity contribution is 0.106. The molecule has 1 unspecified atom stereocenters. The monoisotopic (exact) mass is 309 g/mol. The standard InChI is InChI=1S/C15H20ClN3O2/c1-19-13(7-9-18-19)6-8-17-10-14(20)11-21-15-4-2-12(16)3-5-15/h2-5,7,9,14,17,20H,6,8,10-11H2,1H3. The summed E-state index contributed by atoms with van der Waals surface area (Å²) in [4.78, 5) is 0. The first-order valence-corrected chi connectivity index (χ1v) is 7.27. The molecule has 1 heterocycles. The van der Waals surface area contributed by atoms with E-state index in [4.69, 9.17) is 16.3 Å². The molecule has 0 radical (unpaired) electrons. The molecular formula is C15H20ClN3O2. The van der Waals surface area contributed by atoms with Gasteiger partial charge in [-0.05, 0) is 30.3 Å².